The first kappa shape index (κ1) is 10.3. The Kier molecular flexibility index (Phi) is 2.81. The van der Waals surface area contributed by atoms with Crippen LogP contribution in [-0.4, -0.2) is 23.8 Å². The average Bonchev–Trinajstić information content (AvgIpc) is 1.79. The van der Waals surface area contributed by atoms with E-state index < -0.39 is 5.60 Å². The Balaban J connectivity index is 2.19. The van der Waals surface area contributed by atoms with Crippen molar-refractivity contribution < 1.29 is 9.53 Å². The topological polar surface area (TPSA) is 64.3 Å². The van der Waals surface area contributed by atoms with Crippen LogP contribution in [0.25, 0.3) is 0 Å². The van der Waals surface area contributed by atoms with Gasteiger partial charge in [-0.25, -0.2) is 4.79 Å². The second kappa shape index (κ2) is 3.54. The molecule has 1 amide bonds. The van der Waals surface area contributed by atoms with Crippen LogP contribution in [0.3, 0.4) is 0 Å². The first-order valence-electron chi connectivity index (χ1n) is 4.62. The number of carbonyl (C=O) groups is 1. The summed E-state index contributed by atoms with van der Waals surface area (Å²) in [5.74, 6) is 0. The summed E-state index contributed by atoms with van der Waals surface area (Å²) in [6.07, 6.45) is 1.38. The molecule has 0 saturated heterocycles. The van der Waals surface area contributed by atoms with Crippen LogP contribution in [0.15, 0.2) is 0 Å². The number of nitrogens with two attached hydrogens (primary N) is 1. The number of nitrogens with one attached hydrogen (secondary N) is 1. The fourth-order valence-electron chi connectivity index (χ4n) is 1.25. The summed E-state index contributed by atoms with van der Waals surface area (Å²) in [6, 6.07) is 0.463. The number of alkyl carbamates (subject to hydrolysis) is 1. The Bertz CT molecular complexity index is 192. The molecule has 4 heteroatoms. The van der Waals surface area contributed by atoms with Crippen molar-refractivity contribution in [1.29, 1.82) is 0 Å². The summed E-state index contributed by atoms with van der Waals surface area (Å²) in [4.78, 5) is 11.2. The van der Waals surface area contributed by atoms with E-state index in [1.54, 1.807) is 0 Å². The quantitative estimate of drug-likeness (QED) is 0.642. The van der Waals surface area contributed by atoms with E-state index >= 15 is 0 Å². The van der Waals surface area contributed by atoms with Crippen molar-refractivity contribution in [1.82, 2.24) is 5.32 Å². The molecule has 0 spiro atoms. The maximum Gasteiger partial charge on any atom is 0.407 e. The zero-order chi connectivity index (χ0) is 10.1. The minimum absolute atomic E-state index is 0.213. The lowest BCUT2D eigenvalue weighted by Gasteiger charge is -2.33. The molecule has 0 radical (unpaired) electrons. The van der Waals surface area contributed by atoms with E-state index in [0.29, 0.717) is 0 Å². The normalized spacial score (nSPS) is 27.7. The maximum absolute atomic E-state index is 11.2. The standard InChI is InChI=1S/C9H18N2O2/c1-9(2,3)13-8(12)11-7-4-6(10)5-7/h6-7H,4-5,10H2,1-3H3,(H,11,12)/t6-,7+. The zero-order valence-electron chi connectivity index (χ0n) is 8.46. The van der Waals surface area contributed by atoms with Gasteiger partial charge >= 0.3 is 6.09 Å². The van der Waals surface area contributed by atoms with Gasteiger partial charge < -0.3 is 15.8 Å². The van der Waals surface area contributed by atoms with Crippen molar-refractivity contribution >= 4 is 6.09 Å². The monoisotopic (exact) mass is 186 g/mol. The number of carbonyl (C=O) groups excluding carboxylic acids is 1. The van der Waals surface area contributed by atoms with Crippen molar-refractivity contribution in [2.24, 2.45) is 5.73 Å². The van der Waals surface area contributed by atoms with Crippen LogP contribution < -0.4 is 11.1 Å². The van der Waals surface area contributed by atoms with Gasteiger partial charge in [-0.1, -0.05) is 0 Å². The molecule has 0 unspecified atom stereocenters. The van der Waals surface area contributed by atoms with E-state index in [-0.39, 0.29) is 18.2 Å². The third-order valence-corrected chi connectivity index (χ3v) is 1.90. The predicted octanol–water partition coefficient (Wildman–Crippen LogP) is 1.00. The van der Waals surface area contributed by atoms with Crippen LogP contribution in [0.5, 0.6) is 0 Å². The summed E-state index contributed by atoms with van der Waals surface area (Å²) in [6.45, 7) is 5.54. The van der Waals surface area contributed by atoms with Crippen molar-refractivity contribution in [3.63, 3.8) is 0 Å². The summed E-state index contributed by atoms with van der Waals surface area (Å²) in [5.41, 5.74) is 5.16. The largest absolute Gasteiger partial charge is 0.444 e. The molecule has 1 rings (SSSR count). The van der Waals surface area contributed by atoms with Gasteiger partial charge in [0, 0.05) is 12.1 Å². The number of hydrogen-bond acceptors (Lipinski definition) is 3. The lowest BCUT2D eigenvalue weighted by atomic mass is 9.88. The van der Waals surface area contributed by atoms with E-state index in [9.17, 15) is 4.79 Å². The second-order valence-electron chi connectivity index (χ2n) is 4.57. The molecule has 4 nitrogen and oxygen atoms in total. The fourth-order valence-corrected chi connectivity index (χ4v) is 1.25. The minimum Gasteiger partial charge on any atom is -0.444 e. The van der Waals surface area contributed by atoms with Gasteiger partial charge in [-0.15, -0.1) is 0 Å². The van der Waals surface area contributed by atoms with Crippen LogP contribution in [0, 0.1) is 0 Å². The van der Waals surface area contributed by atoms with Crippen LogP contribution in [0.4, 0.5) is 4.79 Å². The van der Waals surface area contributed by atoms with E-state index in [1.165, 1.54) is 0 Å². The smallest absolute Gasteiger partial charge is 0.407 e. The van der Waals surface area contributed by atoms with Gasteiger partial charge in [0.1, 0.15) is 5.60 Å². The molecule has 0 aromatic heterocycles. The van der Waals surface area contributed by atoms with Gasteiger partial charge in [-0.2, -0.15) is 0 Å². The Hall–Kier alpha value is -0.770. The van der Waals surface area contributed by atoms with E-state index in [2.05, 4.69) is 5.32 Å². The minimum atomic E-state index is -0.421. The molecule has 0 aliphatic heterocycles. The predicted molar refractivity (Wildman–Crippen MR) is 50.4 cm³/mol. The lowest BCUT2D eigenvalue weighted by molar-refractivity contribution is 0.0473. The molecular weight excluding hydrogens is 168 g/mol. The van der Waals surface area contributed by atoms with Gasteiger partial charge in [-0.05, 0) is 33.6 Å². The van der Waals surface area contributed by atoms with Crippen LogP contribution in [-0.2, 0) is 4.74 Å². The van der Waals surface area contributed by atoms with E-state index in [0.717, 1.165) is 12.8 Å². The lowest BCUT2D eigenvalue weighted by Crippen LogP contribution is -2.51. The van der Waals surface area contributed by atoms with Crippen molar-refractivity contribution in [3.8, 4) is 0 Å². The highest BCUT2D eigenvalue weighted by Crippen LogP contribution is 2.18. The van der Waals surface area contributed by atoms with Crippen molar-refractivity contribution in [2.45, 2.75) is 51.3 Å². The third kappa shape index (κ3) is 3.63. The molecule has 1 aliphatic rings. The molecule has 0 bridgehead atoms. The molecule has 0 aromatic rings. The summed E-state index contributed by atoms with van der Waals surface area (Å²) in [7, 11) is 0. The number of ether oxygens (including phenoxy) is 1. The Morgan fingerprint density at radius 2 is 2.00 bits per heavy atom. The van der Waals surface area contributed by atoms with Gasteiger partial charge in [-0.3, -0.25) is 0 Å². The summed E-state index contributed by atoms with van der Waals surface area (Å²) < 4.78 is 5.09. The Labute approximate surface area is 78.8 Å². The van der Waals surface area contributed by atoms with Gasteiger partial charge in [0.2, 0.25) is 0 Å². The average molecular weight is 186 g/mol. The second-order valence-corrected chi connectivity index (χ2v) is 4.57. The van der Waals surface area contributed by atoms with Crippen LogP contribution in [0.1, 0.15) is 33.6 Å². The van der Waals surface area contributed by atoms with Crippen molar-refractivity contribution in [3.05, 3.63) is 0 Å². The fraction of sp³-hybridized carbons (Fsp3) is 0.889. The molecule has 0 atom stereocenters. The Morgan fingerprint density at radius 3 is 2.38 bits per heavy atom. The molecule has 13 heavy (non-hydrogen) atoms. The Morgan fingerprint density at radius 1 is 1.46 bits per heavy atom. The maximum atomic E-state index is 11.2. The van der Waals surface area contributed by atoms with E-state index in [1.807, 2.05) is 20.8 Å². The van der Waals surface area contributed by atoms with Crippen LogP contribution >= 0.6 is 0 Å². The highest BCUT2D eigenvalue weighted by atomic mass is 16.6. The molecule has 1 fully saturated rings. The number of rotatable bonds is 1. The molecule has 76 valence electrons. The summed E-state index contributed by atoms with van der Waals surface area (Å²) in [5, 5.41) is 2.76. The van der Waals surface area contributed by atoms with Crippen molar-refractivity contribution in [2.75, 3.05) is 0 Å². The highest BCUT2D eigenvalue weighted by Gasteiger charge is 2.28. The highest BCUT2D eigenvalue weighted by molar-refractivity contribution is 5.68. The first-order chi connectivity index (χ1) is 5.87. The van der Waals surface area contributed by atoms with Gasteiger partial charge in [0.05, 0.1) is 0 Å². The molecule has 0 aromatic carbocycles. The SMILES string of the molecule is CC(C)(C)OC(=O)N[C@H]1C[C@@H](N)C1. The zero-order valence-corrected chi connectivity index (χ0v) is 8.46. The molecule has 1 saturated carbocycles. The first-order valence-corrected chi connectivity index (χ1v) is 4.62. The van der Waals surface area contributed by atoms with Gasteiger partial charge in [0.15, 0.2) is 0 Å². The molecule has 3 N–H and O–H groups in total. The summed E-state index contributed by atoms with van der Waals surface area (Å²) >= 11 is 0. The number of hydrogen-bond donors (Lipinski definition) is 2. The van der Waals surface area contributed by atoms with E-state index in [4.69, 9.17) is 10.5 Å². The van der Waals surface area contributed by atoms with Gasteiger partial charge in [0.25, 0.3) is 0 Å². The number of amides is 1. The molecule has 1 aliphatic carbocycles. The third-order valence-electron chi connectivity index (χ3n) is 1.90. The molecule has 0 heterocycles. The molecular formula is C9H18N2O2. The van der Waals surface area contributed by atoms with Crippen LogP contribution in [0.2, 0.25) is 0 Å².